The van der Waals surface area contributed by atoms with Gasteiger partial charge in [-0.05, 0) is 26.0 Å². The number of nitrogens with zero attached hydrogens (tertiary/aromatic N) is 2. The molecule has 112 valence electrons. The lowest BCUT2D eigenvalue weighted by molar-refractivity contribution is -0.118. The number of amides is 1. The van der Waals surface area contributed by atoms with Crippen LogP contribution in [0.3, 0.4) is 0 Å². The van der Waals surface area contributed by atoms with Gasteiger partial charge in [0.05, 0.1) is 5.71 Å². The average molecular weight is 307 g/mol. The topological polar surface area (TPSA) is 94.8 Å². The van der Waals surface area contributed by atoms with E-state index in [1.807, 2.05) is 19.2 Å². The molecule has 0 unspecified atom stereocenters. The maximum atomic E-state index is 10.5. The molecule has 0 aliphatic carbocycles. The summed E-state index contributed by atoms with van der Waals surface area (Å²) in [6.45, 7) is 5.16. The van der Waals surface area contributed by atoms with Crippen LogP contribution in [0, 0.1) is 6.92 Å². The maximum Gasteiger partial charge on any atom is 0.236 e. The number of thiazole rings is 1. The predicted molar refractivity (Wildman–Crippen MR) is 82.7 cm³/mol. The Hall–Kier alpha value is -2.41. The second-order valence-corrected chi connectivity index (χ2v) is 5.01. The number of phenolic OH excluding ortho intramolecular Hbond substituents is 2. The van der Waals surface area contributed by atoms with Gasteiger partial charge < -0.3 is 10.2 Å². The Kier molecular flexibility index (Phi) is 6.35. The summed E-state index contributed by atoms with van der Waals surface area (Å²) < 4.78 is 0. The Balaban J connectivity index is 0.000000235. The fraction of sp³-hybridized carbons (Fsp3) is 0.214. The SMILES string of the molecule is CC(=O)N/N=C(\C)c1nc(C)cs1.Oc1ccccc1O. The highest BCUT2D eigenvalue weighted by Crippen LogP contribution is 2.21. The van der Waals surface area contributed by atoms with Crippen molar-refractivity contribution in [3.05, 3.63) is 40.3 Å². The van der Waals surface area contributed by atoms with E-state index in [4.69, 9.17) is 10.2 Å². The summed E-state index contributed by atoms with van der Waals surface area (Å²) in [7, 11) is 0. The molecule has 1 aromatic carbocycles. The minimum Gasteiger partial charge on any atom is -0.504 e. The van der Waals surface area contributed by atoms with Gasteiger partial charge in [0, 0.05) is 18.0 Å². The summed E-state index contributed by atoms with van der Waals surface area (Å²) in [5.74, 6) is -0.326. The van der Waals surface area contributed by atoms with Gasteiger partial charge in [-0.2, -0.15) is 5.10 Å². The number of aromatic hydroxyl groups is 2. The molecule has 1 amide bonds. The maximum absolute atomic E-state index is 10.5. The fourth-order valence-corrected chi connectivity index (χ4v) is 1.94. The molecule has 2 rings (SSSR count). The molecule has 7 heteroatoms. The van der Waals surface area contributed by atoms with Crippen molar-refractivity contribution in [2.24, 2.45) is 5.10 Å². The lowest BCUT2D eigenvalue weighted by atomic mass is 10.3. The number of hydrazone groups is 1. The molecule has 0 aliphatic heterocycles. The number of aryl methyl sites for hydroxylation is 1. The molecule has 0 spiro atoms. The molecule has 2 aromatic rings. The third-order valence-electron chi connectivity index (χ3n) is 2.19. The molecule has 0 saturated carbocycles. The van der Waals surface area contributed by atoms with Crippen molar-refractivity contribution >= 4 is 23.0 Å². The molecule has 1 aromatic heterocycles. The first kappa shape index (κ1) is 16.6. The normalized spacial score (nSPS) is 10.5. The number of phenols is 2. The van der Waals surface area contributed by atoms with Crippen LogP contribution in [-0.4, -0.2) is 26.8 Å². The molecular weight excluding hydrogens is 290 g/mol. The zero-order valence-electron chi connectivity index (χ0n) is 12.0. The number of carbonyl (C=O) groups is 1. The quantitative estimate of drug-likeness (QED) is 0.451. The van der Waals surface area contributed by atoms with E-state index in [1.54, 1.807) is 12.1 Å². The van der Waals surface area contributed by atoms with Crippen LogP contribution in [0.5, 0.6) is 11.5 Å². The smallest absolute Gasteiger partial charge is 0.236 e. The predicted octanol–water partition coefficient (Wildman–Crippen LogP) is 2.41. The first-order valence-corrected chi connectivity index (χ1v) is 6.98. The Morgan fingerprint density at radius 1 is 1.24 bits per heavy atom. The van der Waals surface area contributed by atoms with Crippen molar-refractivity contribution in [2.45, 2.75) is 20.8 Å². The van der Waals surface area contributed by atoms with E-state index in [1.165, 1.54) is 30.4 Å². The van der Waals surface area contributed by atoms with Crippen LogP contribution in [-0.2, 0) is 4.79 Å². The highest BCUT2D eigenvalue weighted by molar-refractivity contribution is 7.11. The number of hydrogen-bond acceptors (Lipinski definition) is 6. The molecule has 21 heavy (non-hydrogen) atoms. The van der Waals surface area contributed by atoms with E-state index in [0.717, 1.165) is 16.4 Å². The van der Waals surface area contributed by atoms with Crippen molar-refractivity contribution in [3.63, 3.8) is 0 Å². The monoisotopic (exact) mass is 307 g/mol. The summed E-state index contributed by atoms with van der Waals surface area (Å²) in [5.41, 5.74) is 4.07. The summed E-state index contributed by atoms with van der Waals surface area (Å²) in [4.78, 5) is 14.8. The van der Waals surface area contributed by atoms with Crippen LogP contribution in [0.15, 0.2) is 34.7 Å². The van der Waals surface area contributed by atoms with Crippen LogP contribution < -0.4 is 5.43 Å². The zero-order chi connectivity index (χ0) is 15.8. The first-order valence-electron chi connectivity index (χ1n) is 6.10. The number of benzene rings is 1. The molecule has 1 heterocycles. The van der Waals surface area contributed by atoms with Gasteiger partial charge in [-0.3, -0.25) is 4.79 Å². The minimum absolute atomic E-state index is 0.0764. The van der Waals surface area contributed by atoms with Crippen molar-refractivity contribution in [2.75, 3.05) is 0 Å². The molecule has 0 saturated heterocycles. The number of rotatable bonds is 2. The standard InChI is InChI=1S/C8H11N3OS.C6H6O2/c1-5-4-13-8(9-5)6(2)10-11-7(3)12;7-5-3-1-2-4-6(5)8/h4H,1-3H3,(H,11,12);1-4,7-8H/b10-6+;. The van der Waals surface area contributed by atoms with E-state index in [-0.39, 0.29) is 17.4 Å². The molecule has 3 N–H and O–H groups in total. The Bertz CT molecular complexity index is 617. The lowest BCUT2D eigenvalue weighted by Crippen LogP contribution is -2.14. The van der Waals surface area contributed by atoms with Crippen molar-refractivity contribution in [1.82, 2.24) is 10.4 Å². The van der Waals surface area contributed by atoms with Gasteiger partial charge in [0.15, 0.2) is 11.5 Å². The third-order valence-corrected chi connectivity index (χ3v) is 3.26. The molecular formula is C14H17N3O3S. The van der Waals surface area contributed by atoms with E-state index >= 15 is 0 Å². The van der Waals surface area contributed by atoms with Crippen LogP contribution in [0.2, 0.25) is 0 Å². The molecule has 6 nitrogen and oxygen atoms in total. The van der Waals surface area contributed by atoms with Crippen molar-refractivity contribution in [1.29, 1.82) is 0 Å². The number of nitrogens with one attached hydrogen (secondary N) is 1. The van der Waals surface area contributed by atoms with Crippen LogP contribution in [0.4, 0.5) is 0 Å². The number of hydrogen-bond donors (Lipinski definition) is 3. The molecule has 0 fully saturated rings. The molecule has 0 bridgehead atoms. The Labute approximate surface area is 126 Å². The van der Waals surface area contributed by atoms with Gasteiger partial charge in [-0.25, -0.2) is 10.4 Å². The second-order valence-electron chi connectivity index (χ2n) is 4.15. The third kappa shape index (κ3) is 6.05. The van der Waals surface area contributed by atoms with Gasteiger partial charge >= 0.3 is 0 Å². The summed E-state index contributed by atoms with van der Waals surface area (Å²) in [6.07, 6.45) is 0. The van der Waals surface area contributed by atoms with Crippen LogP contribution >= 0.6 is 11.3 Å². The highest BCUT2D eigenvalue weighted by Gasteiger charge is 2.01. The number of aromatic nitrogens is 1. The number of para-hydroxylation sites is 2. The summed E-state index contributed by atoms with van der Waals surface area (Å²) in [6, 6.07) is 6.15. The Morgan fingerprint density at radius 3 is 2.19 bits per heavy atom. The minimum atomic E-state index is -0.173. The summed E-state index contributed by atoms with van der Waals surface area (Å²) in [5, 5.41) is 24.0. The van der Waals surface area contributed by atoms with Gasteiger partial charge in [-0.15, -0.1) is 11.3 Å². The van der Waals surface area contributed by atoms with Crippen molar-refractivity contribution in [3.8, 4) is 11.5 Å². The lowest BCUT2D eigenvalue weighted by Gasteiger charge is -1.94. The van der Waals surface area contributed by atoms with E-state index in [9.17, 15) is 4.79 Å². The molecule has 0 atom stereocenters. The van der Waals surface area contributed by atoms with Crippen LogP contribution in [0.25, 0.3) is 0 Å². The van der Waals surface area contributed by atoms with Crippen molar-refractivity contribution < 1.29 is 15.0 Å². The van der Waals surface area contributed by atoms with Gasteiger partial charge in [-0.1, -0.05) is 12.1 Å². The first-order chi connectivity index (χ1) is 9.90. The average Bonchev–Trinajstić information content (AvgIpc) is 2.87. The highest BCUT2D eigenvalue weighted by atomic mass is 32.1. The fourth-order valence-electron chi connectivity index (χ4n) is 1.19. The van der Waals surface area contributed by atoms with E-state index in [2.05, 4.69) is 15.5 Å². The largest absolute Gasteiger partial charge is 0.504 e. The second kappa shape index (κ2) is 8.01. The van der Waals surface area contributed by atoms with Gasteiger partial charge in [0.25, 0.3) is 0 Å². The Morgan fingerprint density at radius 2 is 1.81 bits per heavy atom. The van der Waals surface area contributed by atoms with Gasteiger partial charge in [0.2, 0.25) is 5.91 Å². The molecule has 0 aliphatic rings. The molecule has 0 radical (unpaired) electrons. The van der Waals surface area contributed by atoms with E-state index in [0.29, 0.717) is 0 Å². The van der Waals surface area contributed by atoms with Gasteiger partial charge in [0.1, 0.15) is 5.01 Å². The summed E-state index contributed by atoms with van der Waals surface area (Å²) >= 11 is 1.52. The number of carbonyl (C=O) groups excluding carboxylic acids is 1. The van der Waals surface area contributed by atoms with E-state index < -0.39 is 0 Å². The van der Waals surface area contributed by atoms with Crippen LogP contribution in [0.1, 0.15) is 24.5 Å². The zero-order valence-corrected chi connectivity index (χ0v) is 12.8.